The molecule has 0 aliphatic heterocycles. The Morgan fingerprint density at radius 1 is 1.00 bits per heavy atom. The van der Waals surface area contributed by atoms with E-state index < -0.39 is 0 Å². The van der Waals surface area contributed by atoms with Gasteiger partial charge < -0.3 is 4.57 Å². The summed E-state index contributed by atoms with van der Waals surface area (Å²) >= 11 is 1.55. The predicted molar refractivity (Wildman–Crippen MR) is 99.4 cm³/mol. The fourth-order valence-corrected chi connectivity index (χ4v) is 3.96. The quantitative estimate of drug-likeness (QED) is 0.507. The van der Waals surface area contributed by atoms with Gasteiger partial charge >= 0.3 is 0 Å². The SMILES string of the molecule is Cc1ccc(C(=O)N=c2sc3c4ccccc4ccc3n2C)cc1. The van der Waals surface area contributed by atoms with Gasteiger partial charge in [-0.05, 0) is 30.5 Å². The summed E-state index contributed by atoms with van der Waals surface area (Å²) in [6, 6.07) is 20.0. The molecule has 0 bridgehead atoms. The Morgan fingerprint density at radius 3 is 2.54 bits per heavy atom. The van der Waals surface area contributed by atoms with Crippen molar-refractivity contribution >= 4 is 38.2 Å². The first-order valence-corrected chi connectivity index (χ1v) is 8.58. The van der Waals surface area contributed by atoms with E-state index in [0.717, 1.165) is 15.8 Å². The number of rotatable bonds is 1. The Morgan fingerprint density at radius 2 is 1.75 bits per heavy atom. The van der Waals surface area contributed by atoms with Crippen LogP contribution in [0.25, 0.3) is 21.0 Å². The number of thiazole rings is 1. The lowest BCUT2D eigenvalue weighted by molar-refractivity contribution is 0.0998. The number of hydrogen-bond donors (Lipinski definition) is 0. The number of amides is 1. The molecule has 1 aromatic heterocycles. The van der Waals surface area contributed by atoms with Crippen molar-refractivity contribution in [2.24, 2.45) is 12.0 Å². The van der Waals surface area contributed by atoms with Gasteiger partial charge in [0.2, 0.25) is 0 Å². The minimum atomic E-state index is -0.207. The van der Waals surface area contributed by atoms with Gasteiger partial charge in [-0.25, -0.2) is 0 Å². The highest BCUT2D eigenvalue weighted by atomic mass is 32.1. The maximum Gasteiger partial charge on any atom is 0.279 e. The molecule has 0 unspecified atom stereocenters. The first kappa shape index (κ1) is 14.8. The zero-order valence-corrected chi connectivity index (χ0v) is 14.3. The standard InChI is InChI=1S/C20H16N2OS/c1-13-7-9-15(10-8-13)19(23)21-20-22(2)17-12-11-14-5-3-4-6-16(14)18(17)24-20/h3-12H,1-2H3. The lowest BCUT2D eigenvalue weighted by Gasteiger charge is -1.99. The molecule has 4 heteroatoms. The Balaban J connectivity index is 1.90. The van der Waals surface area contributed by atoms with E-state index in [1.165, 1.54) is 10.8 Å². The third kappa shape index (κ3) is 2.45. The molecule has 0 fully saturated rings. The number of hydrogen-bond acceptors (Lipinski definition) is 2. The number of fused-ring (bicyclic) bond motifs is 3. The maximum atomic E-state index is 12.4. The molecule has 0 spiro atoms. The molecule has 24 heavy (non-hydrogen) atoms. The average Bonchev–Trinajstić information content (AvgIpc) is 2.92. The minimum Gasteiger partial charge on any atom is -0.319 e. The van der Waals surface area contributed by atoms with Gasteiger partial charge in [-0.1, -0.05) is 59.4 Å². The summed E-state index contributed by atoms with van der Waals surface area (Å²) in [5, 5.41) is 2.39. The summed E-state index contributed by atoms with van der Waals surface area (Å²) in [5.74, 6) is -0.207. The second-order valence-corrected chi connectivity index (χ2v) is 6.84. The van der Waals surface area contributed by atoms with Crippen molar-refractivity contribution in [2.75, 3.05) is 0 Å². The molecule has 3 aromatic carbocycles. The molecular formula is C20H16N2OS. The van der Waals surface area contributed by atoms with Gasteiger partial charge in [-0.2, -0.15) is 4.99 Å². The van der Waals surface area contributed by atoms with Crippen molar-refractivity contribution in [1.29, 1.82) is 0 Å². The Labute approximate surface area is 143 Å². The summed E-state index contributed by atoms with van der Waals surface area (Å²) in [4.78, 5) is 17.5. The highest BCUT2D eigenvalue weighted by Crippen LogP contribution is 2.27. The van der Waals surface area contributed by atoms with E-state index in [1.807, 2.05) is 54.9 Å². The van der Waals surface area contributed by atoms with Gasteiger partial charge in [0.1, 0.15) is 0 Å². The van der Waals surface area contributed by atoms with E-state index in [1.54, 1.807) is 11.3 Å². The summed E-state index contributed by atoms with van der Waals surface area (Å²) in [6.45, 7) is 2.00. The number of nitrogens with zero attached hydrogens (tertiary/aromatic N) is 2. The normalized spacial score (nSPS) is 12.2. The molecule has 3 nitrogen and oxygen atoms in total. The van der Waals surface area contributed by atoms with Crippen LogP contribution >= 0.6 is 11.3 Å². The van der Waals surface area contributed by atoms with Crippen LogP contribution in [0.3, 0.4) is 0 Å². The number of benzene rings is 3. The van der Waals surface area contributed by atoms with Crippen LogP contribution in [0.4, 0.5) is 0 Å². The van der Waals surface area contributed by atoms with E-state index in [9.17, 15) is 4.79 Å². The summed E-state index contributed by atoms with van der Waals surface area (Å²) in [7, 11) is 1.95. The van der Waals surface area contributed by atoms with Crippen LogP contribution in [-0.2, 0) is 7.05 Å². The van der Waals surface area contributed by atoms with Gasteiger partial charge in [0.05, 0.1) is 10.2 Å². The molecule has 0 N–H and O–H groups in total. The van der Waals surface area contributed by atoms with Crippen LogP contribution in [0.2, 0.25) is 0 Å². The monoisotopic (exact) mass is 332 g/mol. The first-order chi connectivity index (χ1) is 11.6. The Bertz CT molecular complexity index is 1130. The maximum absolute atomic E-state index is 12.4. The van der Waals surface area contributed by atoms with Crippen molar-refractivity contribution in [3.63, 3.8) is 0 Å². The smallest absolute Gasteiger partial charge is 0.279 e. The van der Waals surface area contributed by atoms with E-state index in [4.69, 9.17) is 0 Å². The van der Waals surface area contributed by atoms with Crippen LogP contribution in [0.5, 0.6) is 0 Å². The topological polar surface area (TPSA) is 34.4 Å². The molecule has 0 saturated carbocycles. The van der Waals surface area contributed by atoms with Gasteiger partial charge in [-0.15, -0.1) is 0 Å². The van der Waals surface area contributed by atoms with Crippen molar-refractivity contribution in [2.45, 2.75) is 6.92 Å². The molecule has 4 rings (SSSR count). The fraction of sp³-hybridized carbons (Fsp3) is 0.100. The van der Waals surface area contributed by atoms with Gasteiger partial charge in [0, 0.05) is 18.0 Å². The van der Waals surface area contributed by atoms with E-state index in [-0.39, 0.29) is 5.91 Å². The third-order valence-corrected chi connectivity index (χ3v) is 5.38. The third-order valence-electron chi connectivity index (χ3n) is 4.20. The highest BCUT2D eigenvalue weighted by Gasteiger charge is 2.09. The van der Waals surface area contributed by atoms with E-state index in [0.29, 0.717) is 10.4 Å². The van der Waals surface area contributed by atoms with E-state index >= 15 is 0 Å². The Hall–Kier alpha value is -2.72. The van der Waals surface area contributed by atoms with Crippen molar-refractivity contribution < 1.29 is 4.79 Å². The molecule has 0 atom stereocenters. The molecule has 0 aliphatic rings. The number of carbonyl (C=O) groups is 1. The highest BCUT2D eigenvalue weighted by molar-refractivity contribution is 7.17. The van der Waals surface area contributed by atoms with Crippen LogP contribution in [0.1, 0.15) is 15.9 Å². The summed E-state index contributed by atoms with van der Waals surface area (Å²) in [6.07, 6.45) is 0. The van der Waals surface area contributed by atoms with Crippen molar-refractivity contribution in [3.8, 4) is 0 Å². The van der Waals surface area contributed by atoms with E-state index in [2.05, 4.69) is 29.3 Å². The first-order valence-electron chi connectivity index (χ1n) is 7.76. The van der Waals surface area contributed by atoms with Gasteiger partial charge in [-0.3, -0.25) is 4.79 Å². The molecule has 1 heterocycles. The van der Waals surface area contributed by atoms with Crippen molar-refractivity contribution in [3.05, 3.63) is 76.6 Å². The zero-order chi connectivity index (χ0) is 16.7. The minimum absolute atomic E-state index is 0.207. The van der Waals surface area contributed by atoms with Crippen LogP contribution < -0.4 is 4.80 Å². The van der Waals surface area contributed by atoms with Crippen molar-refractivity contribution in [1.82, 2.24) is 4.57 Å². The second kappa shape index (κ2) is 5.73. The predicted octanol–water partition coefficient (Wildman–Crippen LogP) is 4.44. The fourth-order valence-electron chi connectivity index (χ4n) is 2.81. The lowest BCUT2D eigenvalue weighted by Crippen LogP contribution is -2.13. The number of carbonyl (C=O) groups excluding carboxylic acids is 1. The van der Waals surface area contributed by atoms with Crippen LogP contribution in [0.15, 0.2) is 65.7 Å². The second-order valence-electron chi connectivity index (χ2n) is 5.86. The number of aryl methyl sites for hydroxylation is 2. The molecule has 0 aliphatic carbocycles. The molecule has 4 aromatic rings. The molecule has 0 saturated heterocycles. The Kier molecular flexibility index (Phi) is 3.54. The lowest BCUT2D eigenvalue weighted by atomic mass is 10.1. The number of aromatic nitrogens is 1. The van der Waals surface area contributed by atoms with Gasteiger partial charge in [0.15, 0.2) is 4.80 Å². The molecular weight excluding hydrogens is 316 g/mol. The zero-order valence-electron chi connectivity index (χ0n) is 13.5. The largest absolute Gasteiger partial charge is 0.319 e. The summed E-state index contributed by atoms with van der Waals surface area (Å²) < 4.78 is 3.14. The van der Waals surface area contributed by atoms with Gasteiger partial charge in [0.25, 0.3) is 5.91 Å². The molecule has 1 amide bonds. The summed E-state index contributed by atoms with van der Waals surface area (Å²) in [5.41, 5.74) is 2.84. The molecule has 118 valence electrons. The molecule has 0 radical (unpaired) electrons. The van der Waals surface area contributed by atoms with Crippen LogP contribution in [0, 0.1) is 6.92 Å². The van der Waals surface area contributed by atoms with Crippen LogP contribution in [-0.4, -0.2) is 10.5 Å². The average molecular weight is 332 g/mol.